The van der Waals surface area contributed by atoms with E-state index < -0.39 is 17.8 Å². The maximum atomic E-state index is 13.0. The van der Waals surface area contributed by atoms with E-state index in [1.807, 2.05) is 32.0 Å². The predicted octanol–water partition coefficient (Wildman–Crippen LogP) is 4.70. The van der Waals surface area contributed by atoms with Crippen molar-refractivity contribution in [3.63, 3.8) is 0 Å². The van der Waals surface area contributed by atoms with Gasteiger partial charge in [0.25, 0.3) is 5.91 Å². The van der Waals surface area contributed by atoms with E-state index >= 15 is 0 Å². The van der Waals surface area contributed by atoms with Gasteiger partial charge in [0.2, 0.25) is 5.91 Å². The fourth-order valence-corrected chi connectivity index (χ4v) is 5.14. The van der Waals surface area contributed by atoms with E-state index in [0.717, 1.165) is 23.3 Å². The Balaban J connectivity index is 1.86. The highest BCUT2D eigenvalue weighted by Crippen LogP contribution is 2.36. The van der Waals surface area contributed by atoms with Gasteiger partial charge in [0.1, 0.15) is 5.00 Å². The molecule has 0 aliphatic heterocycles. The SMILES string of the molecule is CCc1c(C)sc(NC(=O)[C@H]2CCCC[C@H]2C(=O)O)c1C(=O)Nc1ccccc1. The predicted molar refractivity (Wildman–Crippen MR) is 115 cm³/mol. The highest BCUT2D eigenvalue weighted by atomic mass is 32.1. The summed E-state index contributed by atoms with van der Waals surface area (Å²) >= 11 is 1.37. The normalized spacial score (nSPS) is 18.8. The number of hydrogen-bond acceptors (Lipinski definition) is 4. The Morgan fingerprint density at radius 2 is 1.72 bits per heavy atom. The number of rotatable bonds is 6. The molecule has 1 aliphatic rings. The molecule has 6 nitrogen and oxygen atoms in total. The number of anilines is 2. The lowest BCUT2D eigenvalue weighted by atomic mass is 9.79. The largest absolute Gasteiger partial charge is 0.481 e. The molecule has 1 aromatic heterocycles. The number of carboxylic acid groups (broad SMARTS) is 1. The maximum absolute atomic E-state index is 13.0. The number of carbonyl (C=O) groups excluding carboxylic acids is 2. The Bertz CT molecular complexity index is 907. The van der Waals surface area contributed by atoms with Crippen molar-refractivity contribution < 1.29 is 19.5 Å². The summed E-state index contributed by atoms with van der Waals surface area (Å²) in [6.45, 7) is 3.90. The second kappa shape index (κ2) is 9.22. The van der Waals surface area contributed by atoms with Crippen LogP contribution < -0.4 is 10.6 Å². The van der Waals surface area contributed by atoms with Crippen molar-refractivity contribution in [1.82, 2.24) is 0 Å². The number of para-hydroxylation sites is 1. The first-order valence-electron chi connectivity index (χ1n) is 9.94. The van der Waals surface area contributed by atoms with Crippen LogP contribution in [0.2, 0.25) is 0 Å². The Labute approximate surface area is 174 Å². The fourth-order valence-electron chi connectivity index (χ4n) is 3.99. The first-order chi connectivity index (χ1) is 13.9. The Kier molecular flexibility index (Phi) is 6.69. The van der Waals surface area contributed by atoms with Crippen LogP contribution in [0.4, 0.5) is 10.7 Å². The summed E-state index contributed by atoms with van der Waals surface area (Å²) in [5, 5.41) is 15.7. The van der Waals surface area contributed by atoms with Crippen molar-refractivity contribution in [3.05, 3.63) is 46.3 Å². The molecular weight excluding hydrogens is 388 g/mol. The van der Waals surface area contributed by atoms with Crippen molar-refractivity contribution in [2.75, 3.05) is 10.6 Å². The zero-order valence-electron chi connectivity index (χ0n) is 16.7. The molecule has 0 spiro atoms. The molecule has 3 rings (SSSR count). The van der Waals surface area contributed by atoms with Crippen LogP contribution in [-0.4, -0.2) is 22.9 Å². The molecule has 2 amide bonds. The molecule has 7 heteroatoms. The monoisotopic (exact) mass is 414 g/mol. The zero-order chi connectivity index (χ0) is 21.0. The summed E-state index contributed by atoms with van der Waals surface area (Å²) in [7, 11) is 0. The molecular formula is C22H26N2O4S. The smallest absolute Gasteiger partial charge is 0.307 e. The van der Waals surface area contributed by atoms with Crippen LogP contribution in [0.5, 0.6) is 0 Å². The van der Waals surface area contributed by atoms with Gasteiger partial charge in [-0.05, 0) is 43.9 Å². The lowest BCUT2D eigenvalue weighted by Gasteiger charge is -2.27. The molecule has 29 heavy (non-hydrogen) atoms. The Morgan fingerprint density at radius 3 is 2.34 bits per heavy atom. The molecule has 0 bridgehead atoms. The van der Waals surface area contributed by atoms with Crippen LogP contribution >= 0.6 is 11.3 Å². The summed E-state index contributed by atoms with van der Waals surface area (Å²) in [6.07, 6.45) is 3.39. The molecule has 2 aromatic rings. The van der Waals surface area contributed by atoms with Crippen LogP contribution in [0, 0.1) is 18.8 Å². The molecule has 1 aliphatic carbocycles. The number of thiophene rings is 1. The molecule has 0 radical (unpaired) electrons. The van der Waals surface area contributed by atoms with E-state index in [0.29, 0.717) is 35.5 Å². The summed E-state index contributed by atoms with van der Waals surface area (Å²) in [5.41, 5.74) is 2.05. The second-order valence-corrected chi connectivity index (χ2v) is 8.56. The van der Waals surface area contributed by atoms with E-state index in [2.05, 4.69) is 10.6 Å². The van der Waals surface area contributed by atoms with E-state index in [1.54, 1.807) is 12.1 Å². The van der Waals surface area contributed by atoms with Crippen molar-refractivity contribution in [2.24, 2.45) is 11.8 Å². The second-order valence-electron chi connectivity index (χ2n) is 7.34. The third-order valence-electron chi connectivity index (χ3n) is 5.48. The Morgan fingerprint density at radius 1 is 1.07 bits per heavy atom. The number of amides is 2. The first-order valence-corrected chi connectivity index (χ1v) is 10.8. The quantitative estimate of drug-likeness (QED) is 0.638. The average molecular weight is 415 g/mol. The van der Waals surface area contributed by atoms with Crippen LogP contribution in [0.15, 0.2) is 30.3 Å². The van der Waals surface area contributed by atoms with Gasteiger partial charge in [-0.25, -0.2) is 0 Å². The number of aryl methyl sites for hydroxylation is 1. The number of carboxylic acids is 1. The minimum absolute atomic E-state index is 0.272. The van der Waals surface area contributed by atoms with Gasteiger partial charge in [0.05, 0.1) is 17.4 Å². The number of benzene rings is 1. The van der Waals surface area contributed by atoms with Gasteiger partial charge in [-0.15, -0.1) is 11.3 Å². The molecule has 1 saturated carbocycles. The van der Waals surface area contributed by atoms with Crippen molar-refractivity contribution in [2.45, 2.75) is 46.0 Å². The lowest BCUT2D eigenvalue weighted by Crippen LogP contribution is -2.36. The lowest BCUT2D eigenvalue weighted by molar-refractivity contribution is -0.147. The number of aliphatic carboxylic acids is 1. The zero-order valence-corrected chi connectivity index (χ0v) is 17.5. The van der Waals surface area contributed by atoms with Gasteiger partial charge in [-0.1, -0.05) is 38.0 Å². The van der Waals surface area contributed by atoms with Crippen molar-refractivity contribution in [3.8, 4) is 0 Å². The van der Waals surface area contributed by atoms with Gasteiger partial charge < -0.3 is 15.7 Å². The van der Waals surface area contributed by atoms with Crippen LogP contribution in [-0.2, 0) is 16.0 Å². The molecule has 0 unspecified atom stereocenters. The summed E-state index contributed by atoms with van der Waals surface area (Å²) < 4.78 is 0. The summed E-state index contributed by atoms with van der Waals surface area (Å²) in [6, 6.07) is 9.16. The molecule has 0 saturated heterocycles. The summed E-state index contributed by atoms with van der Waals surface area (Å²) in [5.74, 6) is -2.75. The van der Waals surface area contributed by atoms with Gasteiger partial charge >= 0.3 is 5.97 Å². The third kappa shape index (κ3) is 4.67. The average Bonchev–Trinajstić information content (AvgIpc) is 3.03. The Hall–Kier alpha value is -2.67. The molecule has 1 fully saturated rings. The molecule has 1 aromatic carbocycles. The molecule has 154 valence electrons. The van der Waals surface area contributed by atoms with Crippen LogP contribution in [0.1, 0.15) is 53.4 Å². The van der Waals surface area contributed by atoms with E-state index in [1.165, 1.54) is 11.3 Å². The van der Waals surface area contributed by atoms with E-state index in [4.69, 9.17) is 0 Å². The van der Waals surface area contributed by atoms with Gasteiger partial charge in [-0.2, -0.15) is 0 Å². The number of carbonyl (C=O) groups is 3. The van der Waals surface area contributed by atoms with E-state index in [9.17, 15) is 19.5 Å². The minimum Gasteiger partial charge on any atom is -0.481 e. The van der Waals surface area contributed by atoms with Crippen molar-refractivity contribution in [1.29, 1.82) is 0 Å². The fraction of sp³-hybridized carbons (Fsp3) is 0.409. The minimum atomic E-state index is -0.927. The number of hydrogen-bond donors (Lipinski definition) is 3. The summed E-state index contributed by atoms with van der Waals surface area (Å²) in [4.78, 5) is 38.5. The maximum Gasteiger partial charge on any atom is 0.307 e. The van der Waals surface area contributed by atoms with Crippen molar-refractivity contribution >= 4 is 39.8 Å². The van der Waals surface area contributed by atoms with Crippen LogP contribution in [0.3, 0.4) is 0 Å². The highest BCUT2D eigenvalue weighted by molar-refractivity contribution is 7.16. The van der Waals surface area contributed by atoms with Gasteiger partial charge in [0, 0.05) is 10.6 Å². The van der Waals surface area contributed by atoms with Gasteiger partial charge in [-0.3, -0.25) is 14.4 Å². The van der Waals surface area contributed by atoms with Gasteiger partial charge in [0.15, 0.2) is 0 Å². The highest BCUT2D eigenvalue weighted by Gasteiger charge is 2.36. The van der Waals surface area contributed by atoms with Crippen LogP contribution in [0.25, 0.3) is 0 Å². The third-order valence-corrected chi connectivity index (χ3v) is 6.54. The first kappa shape index (κ1) is 21.0. The molecule has 1 heterocycles. The molecule has 3 N–H and O–H groups in total. The topological polar surface area (TPSA) is 95.5 Å². The standard InChI is InChI=1S/C22H26N2O4S/c1-3-15-13(2)29-21(18(15)20(26)23-14-9-5-4-6-10-14)24-19(25)16-11-7-8-12-17(16)22(27)28/h4-6,9-10,16-17H,3,7-8,11-12H2,1-2H3,(H,23,26)(H,24,25)(H,27,28)/t16-,17+/m0/s1. The van der Waals surface area contributed by atoms with E-state index in [-0.39, 0.29) is 11.8 Å². The number of nitrogens with one attached hydrogen (secondary N) is 2. The molecule has 2 atom stereocenters.